The Morgan fingerprint density at radius 3 is 2.65 bits per heavy atom. The molecule has 1 heterocycles. The van der Waals surface area contributed by atoms with Crippen LogP contribution in [0.5, 0.6) is 0 Å². The molecule has 17 heavy (non-hydrogen) atoms. The first-order chi connectivity index (χ1) is 8.10. The van der Waals surface area contributed by atoms with Crippen molar-refractivity contribution < 1.29 is 4.84 Å². The minimum Gasteiger partial charge on any atom is -0.301 e. The van der Waals surface area contributed by atoms with E-state index in [0.717, 1.165) is 29.4 Å². The third-order valence-corrected chi connectivity index (χ3v) is 2.89. The van der Waals surface area contributed by atoms with E-state index >= 15 is 0 Å². The fourth-order valence-corrected chi connectivity index (χ4v) is 1.87. The molecular weight excluding hydrogens is 238 g/mol. The monoisotopic (exact) mass is 259 g/mol. The summed E-state index contributed by atoms with van der Waals surface area (Å²) in [5.74, 6) is 0.514. The quantitative estimate of drug-likeness (QED) is 0.605. The number of halogens is 1. The van der Waals surface area contributed by atoms with Gasteiger partial charge in [-0.25, -0.2) is 0 Å². The first-order valence-electron chi connectivity index (χ1n) is 6.18. The van der Waals surface area contributed by atoms with Crippen LogP contribution in [0.3, 0.4) is 0 Å². The van der Waals surface area contributed by atoms with Crippen molar-refractivity contribution in [3.63, 3.8) is 0 Å². The van der Waals surface area contributed by atoms with E-state index in [1.807, 2.05) is 4.68 Å². The Labute approximate surface area is 108 Å². The molecule has 0 aliphatic rings. The maximum Gasteiger partial charge on any atom is 0.0864 e. The average Bonchev–Trinajstić information content (AvgIpc) is 2.61. The first kappa shape index (κ1) is 14.5. The van der Waals surface area contributed by atoms with Gasteiger partial charge in [-0.05, 0) is 19.3 Å². The predicted molar refractivity (Wildman–Crippen MR) is 69.9 cm³/mol. The Kier molecular flexibility index (Phi) is 5.95. The molecule has 0 aliphatic heterocycles. The van der Waals surface area contributed by atoms with Crippen molar-refractivity contribution in [2.45, 2.75) is 47.2 Å². The molecule has 0 fully saturated rings. The van der Waals surface area contributed by atoms with Crippen LogP contribution < -0.4 is 5.48 Å². The number of aryl methyl sites for hydroxylation is 2. The lowest BCUT2D eigenvalue weighted by molar-refractivity contribution is 0.0184. The van der Waals surface area contributed by atoms with Gasteiger partial charge in [0.05, 0.1) is 29.6 Å². The van der Waals surface area contributed by atoms with Crippen LogP contribution in [-0.4, -0.2) is 16.4 Å². The van der Waals surface area contributed by atoms with Crippen LogP contribution in [0.1, 0.15) is 39.1 Å². The van der Waals surface area contributed by atoms with Gasteiger partial charge in [-0.2, -0.15) is 10.6 Å². The fourth-order valence-electron chi connectivity index (χ4n) is 1.53. The first-order valence-corrected chi connectivity index (χ1v) is 6.56. The molecule has 5 heteroatoms. The van der Waals surface area contributed by atoms with Crippen LogP contribution in [0.2, 0.25) is 5.02 Å². The summed E-state index contributed by atoms with van der Waals surface area (Å²) in [5.41, 5.74) is 4.89. The molecule has 0 atom stereocenters. The van der Waals surface area contributed by atoms with E-state index in [0.29, 0.717) is 19.1 Å². The zero-order chi connectivity index (χ0) is 12.8. The lowest BCUT2D eigenvalue weighted by Crippen LogP contribution is -2.19. The molecule has 1 aromatic heterocycles. The summed E-state index contributed by atoms with van der Waals surface area (Å²) < 4.78 is 1.92. The van der Waals surface area contributed by atoms with Crippen LogP contribution in [-0.2, 0) is 24.3 Å². The van der Waals surface area contributed by atoms with Crippen LogP contribution in [0, 0.1) is 5.92 Å². The number of aromatic nitrogens is 2. The molecule has 0 aliphatic carbocycles. The zero-order valence-electron chi connectivity index (χ0n) is 11.1. The molecule has 4 nitrogen and oxygen atoms in total. The predicted octanol–water partition coefficient (Wildman–Crippen LogP) is 2.80. The molecular formula is C12H22ClN3O. The van der Waals surface area contributed by atoms with Crippen molar-refractivity contribution >= 4 is 11.6 Å². The van der Waals surface area contributed by atoms with Gasteiger partial charge in [0.15, 0.2) is 0 Å². The highest BCUT2D eigenvalue weighted by atomic mass is 35.5. The maximum absolute atomic E-state index is 6.27. The largest absolute Gasteiger partial charge is 0.301 e. The summed E-state index contributed by atoms with van der Waals surface area (Å²) in [6.07, 6.45) is 0.853. The lowest BCUT2D eigenvalue weighted by Gasteiger charge is -2.09. The second-order valence-electron chi connectivity index (χ2n) is 4.40. The van der Waals surface area contributed by atoms with Gasteiger partial charge in [0.25, 0.3) is 0 Å². The van der Waals surface area contributed by atoms with Gasteiger partial charge in [0.2, 0.25) is 0 Å². The summed E-state index contributed by atoms with van der Waals surface area (Å²) in [6, 6.07) is 0. The summed E-state index contributed by atoms with van der Waals surface area (Å²) >= 11 is 6.27. The van der Waals surface area contributed by atoms with Gasteiger partial charge >= 0.3 is 0 Å². The molecule has 0 amide bonds. The zero-order valence-corrected chi connectivity index (χ0v) is 11.8. The van der Waals surface area contributed by atoms with Crippen LogP contribution >= 0.6 is 11.6 Å². The molecule has 0 spiro atoms. The molecule has 1 rings (SSSR count). The van der Waals surface area contributed by atoms with Gasteiger partial charge in [-0.1, -0.05) is 32.4 Å². The van der Waals surface area contributed by atoms with Crippen molar-refractivity contribution in [2.75, 3.05) is 6.61 Å². The molecule has 1 aromatic rings. The second-order valence-corrected chi connectivity index (χ2v) is 4.78. The average molecular weight is 260 g/mol. The maximum atomic E-state index is 6.27. The van der Waals surface area contributed by atoms with Gasteiger partial charge < -0.3 is 4.84 Å². The number of rotatable bonds is 7. The summed E-state index contributed by atoms with van der Waals surface area (Å²) in [6.45, 7) is 10.4. The topological polar surface area (TPSA) is 39.1 Å². The third kappa shape index (κ3) is 3.98. The summed E-state index contributed by atoms with van der Waals surface area (Å²) in [5, 5.41) is 5.21. The Bertz CT molecular complexity index is 350. The minimum absolute atomic E-state index is 0.514. The Morgan fingerprint density at radius 2 is 2.12 bits per heavy atom. The van der Waals surface area contributed by atoms with E-state index < -0.39 is 0 Å². The molecule has 0 saturated heterocycles. The van der Waals surface area contributed by atoms with Crippen molar-refractivity contribution in [1.29, 1.82) is 0 Å². The van der Waals surface area contributed by atoms with E-state index in [4.69, 9.17) is 16.4 Å². The number of hydroxylamine groups is 1. The molecule has 0 unspecified atom stereocenters. The van der Waals surface area contributed by atoms with E-state index in [9.17, 15) is 0 Å². The van der Waals surface area contributed by atoms with Crippen LogP contribution in [0.15, 0.2) is 0 Å². The van der Waals surface area contributed by atoms with E-state index in [1.54, 1.807) is 0 Å². The summed E-state index contributed by atoms with van der Waals surface area (Å²) in [7, 11) is 0. The Morgan fingerprint density at radius 1 is 1.41 bits per heavy atom. The van der Waals surface area contributed by atoms with E-state index in [2.05, 4.69) is 38.3 Å². The van der Waals surface area contributed by atoms with Crippen molar-refractivity contribution in [3.8, 4) is 0 Å². The Balaban J connectivity index is 2.59. The molecule has 0 saturated carbocycles. The number of nitrogens with zero attached hydrogens (tertiary/aromatic N) is 2. The second kappa shape index (κ2) is 6.99. The number of hydrogen-bond acceptors (Lipinski definition) is 3. The Hall–Kier alpha value is -0.580. The molecule has 0 aromatic carbocycles. The SMILES string of the molecule is CCc1nn(CC)c(CNOCC(C)C)c1Cl. The number of hydrogen-bond donors (Lipinski definition) is 1. The van der Waals surface area contributed by atoms with Crippen molar-refractivity contribution in [1.82, 2.24) is 15.3 Å². The molecule has 0 radical (unpaired) electrons. The lowest BCUT2D eigenvalue weighted by atomic mass is 10.2. The highest BCUT2D eigenvalue weighted by Crippen LogP contribution is 2.21. The van der Waals surface area contributed by atoms with E-state index in [1.165, 1.54) is 0 Å². The highest BCUT2D eigenvalue weighted by Gasteiger charge is 2.13. The standard InChI is InChI=1S/C12H22ClN3O/c1-5-10-12(13)11(16(6-2)15-10)7-14-17-8-9(3)4/h9,14H,5-8H2,1-4H3. The van der Waals surface area contributed by atoms with Crippen molar-refractivity contribution in [3.05, 3.63) is 16.4 Å². The normalized spacial score (nSPS) is 11.4. The molecule has 98 valence electrons. The molecule has 0 bridgehead atoms. The molecule has 1 N–H and O–H groups in total. The van der Waals surface area contributed by atoms with Crippen LogP contribution in [0.4, 0.5) is 0 Å². The number of nitrogens with one attached hydrogen (secondary N) is 1. The van der Waals surface area contributed by atoms with Gasteiger partial charge in [0, 0.05) is 6.54 Å². The third-order valence-electron chi connectivity index (χ3n) is 2.45. The minimum atomic E-state index is 0.514. The summed E-state index contributed by atoms with van der Waals surface area (Å²) in [4.78, 5) is 5.35. The smallest absolute Gasteiger partial charge is 0.0864 e. The van der Waals surface area contributed by atoms with E-state index in [-0.39, 0.29) is 0 Å². The highest BCUT2D eigenvalue weighted by molar-refractivity contribution is 6.31. The van der Waals surface area contributed by atoms with Crippen LogP contribution in [0.25, 0.3) is 0 Å². The fraction of sp³-hybridized carbons (Fsp3) is 0.750. The van der Waals surface area contributed by atoms with Gasteiger partial charge in [0.1, 0.15) is 0 Å². The van der Waals surface area contributed by atoms with Gasteiger partial charge in [-0.3, -0.25) is 4.68 Å². The van der Waals surface area contributed by atoms with Crippen molar-refractivity contribution in [2.24, 2.45) is 5.92 Å². The van der Waals surface area contributed by atoms with Gasteiger partial charge in [-0.15, -0.1) is 0 Å².